The maximum atomic E-state index is 2.53. The number of allylic oxidation sites excluding steroid dienone is 8. The number of rotatable bonds is 9. The molecule has 0 nitrogen and oxygen atoms in total. The van der Waals surface area contributed by atoms with Crippen LogP contribution in [0.5, 0.6) is 0 Å². The fraction of sp³-hybridized carbons (Fsp3) is 0.355. The summed E-state index contributed by atoms with van der Waals surface area (Å²) in [4.78, 5) is 0. The Morgan fingerprint density at radius 2 is 1.06 bits per heavy atom. The Morgan fingerprint density at radius 3 is 1.44 bits per heavy atom. The van der Waals surface area contributed by atoms with Crippen LogP contribution in [0.15, 0.2) is 102 Å². The van der Waals surface area contributed by atoms with Gasteiger partial charge in [0.15, 0.2) is 0 Å². The SMILES string of the molecule is CCCC1=[C]([Zr]([C]2=C(CCC)C(C)=CC2)[CH](c2ccccc2)c2ccccc2)CC=C1C. The molecule has 2 aromatic carbocycles. The first kappa shape index (κ1) is 23.4. The van der Waals surface area contributed by atoms with Crippen molar-refractivity contribution in [1.29, 1.82) is 0 Å². The van der Waals surface area contributed by atoms with Crippen molar-refractivity contribution in [2.45, 2.75) is 69.8 Å². The van der Waals surface area contributed by atoms with Crippen molar-refractivity contribution in [2.24, 2.45) is 0 Å². The molecule has 0 spiro atoms. The molecule has 1 heteroatoms. The number of hydrogen-bond donors (Lipinski definition) is 0. The van der Waals surface area contributed by atoms with Gasteiger partial charge in [-0.3, -0.25) is 0 Å². The molecule has 2 aliphatic carbocycles. The van der Waals surface area contributed by atoms with Crippen molar-refractivity contribution in [3.05, 3.63) is 113 Å². The van der Waals surface area contributed by atoms with E-state index in [1.807, 2.05) is 6.56 Å². The Labute approximate surface area is 203 Å². The van der Waals surface area contributed by atoms with Gasteiger partial charge in [-0.25, -0.2) is 0 Å². The second-order valence-electron chi connectivity index (χ2n) is 9.26. The van der Waals surface area contributed by atoms with Gasteiger partial charge in [0.1, 0.15) is 0 Å². The van der Waals surface area contributed by atoms with Crippen molar-refractivity contribution in [3.8, 4) is 0 Å². The third-order valence-corrected chi connectivity index (χ3v) is 15.9. The zero-order valence-corrected chi connectivity index (χ0v) is 22.7. The molecule has 0 atom stereocenters. The van der Waals surface area contributed by atoms with Crippen LogP contribution in [0.3, 0.4) is 0 Å². The predicted octanol–water partition coefficient (Wildman–Crippen LogP) is 9.20. The first-order chi connectivity index (χ1) is 15.7. The van der Waals surface area contributed by atoms with E-state index in [2.05, 4.69) is 101 Å². The van der Waals surface area contributed by atoms with Gasteiger partial charge in [0.05, 0.1) is 0 Å². The summed E-state index contributed by atoms with van der Waals surface area (Å²) in [5.41, 5.74) is 9.58. The molecule has 0 aromatic heterocycles. The summed E-state index contributed by atoms with van der Waals surface area (Å²) in [6, 6.07) is 22.9. The molecule has 165 valence electrons. The number of benzene rings is 2. The van der Waals surface area contributed by atoms with E-state index >= 15 is 0 Å². The van der Waals surface area contributed by atoms with Gasteiger partial charge in [-0.05, 0) is 0 Å². The van der Waals surface area contributed by atoms with Crippen LogP contribution in [-0.4, -0.2) is 0 Å². The average molecular weight is 501 g/mol. The monoisotopic (exact) mass is 499 g/mol. The van der Waals surface area contributed by atoms with Crippen LogP contribution in [0.25, 0.3) is 0 Å². The van der Waals surface area contributed by atoms with Crippen LogP contribution in [-0.2, 0) is 21.8 Å². The van der Waals surface area contributed by atoms with Crippen LogP contribution in [0, 0.1) is 0 Å². The summed E-state index contributed by atoms with van der Waals surface area (Å²) >= 11 is -2.31. The molecular weight excluding hydrogens is 464 g/mol. The van der Waals surface area contributed by atoms with Gasteiger partial charge in [-0.2, -0.15) is 0 Å². The Morgan fingerprint density at radius 1 is 0.656 bits per heavy atom. The van der Waals surface area contributed by atoms with E-state index in [0.717, 1.165) is 0 Å². The first-order valence-corrected chi connectivity index (χ1v) is 16.3. The van der Waals surface area contributed by atoms with Crippen LogP contribution in [0.1, 0.15) is 81.0 Å². The Balaban J connectivity index is 1.96. The summed E-state index contributed by atoms with van der Waals surface area (Å²) < 4.78 is 4.29. The van der Waals surface area contributed by atoms with E-state index in [9.17, 15) is 0 Å². The van der Waals surface area contributed by atoms with Crippen LogP contribution in [0.4, 0.5) is 0 Å². The van der Waals surface area contributed by atoms with Gasteiger partial charge in [0.2, 0.25) is 0 Å². The molecule has 4 rings (SSSR count). The standard InChI is InChI=1S/C13H11.2C9H13.Zr/c1-3-7-12(8-4-1)11-13-9-5-2-6-10-13;2*1-3-5-9-7-4-6-8(9)2;/h1-11H;2*6H,3-5H2,1-2H3;. The summed E-state index contributed by atoms with van der Waals surface area (Å²) in [6.45, 7) is 9.40. The first-order valence-electron chi connectivity index (χ1n) is 12.4. The van der Waals surface area contributed by atoms with Gasteiger partial charge < -0.3 is 0 Å². The third kappa shape index (κ3) is 4.79. The van der Waals surface area contributed by atoms with Crippen molar-refractivity contribution >= 4 is 0 Å². The Hall–Kier alpha value is -1.72. The fourth-order valence-electron chi connectivity index (χ4n) is 5.57. The third-order valence-electron chi connectivity index (χ3n) is 7.11. The molecule has 32 heavy (non-hydrogen) atoms. The van der Waals surface area contributed by atoms with E-state index in [1.54, 1.807) is 22.3 Å². The molecule has 0 amide bonds. The molecular formula is C31H37Zr. The molecule has 0 saturated heterocycles. The minimum atomic E-state index is -2.31. The van der Waals surface area contributed by atoms with Gasteiger partial charge in [0.25, 0.3) is 0 Å². The van der Waals surface area contributed by atoms with Crippen LogP contribution in [0.2, 0.25) is 0 Å². The summed E-state index contributed by atoms with van der Waals surface area (Å²) in [6.07, 6.45) is 12.4. The Kier molecular flexibility index (Phi) is 8.01. The molecule has 0 fully saturated rings. The summed E-state index contributed by atoms with van der Waals surface area (Å²) in [7, 11) is 0. The minimum absolute atomic E-state index is 0.544. The maximum absolute atomic E-state index is 2.53. The molecule has 0 bridgehead atoms. The molecule has 0 aliphatic heterocycles. The van der Waals surface area contributed by atoms with Crippen molar-refractivity contribution in [1.82, 2.24) is 0 Å². The molecule has 0 saturated carbocycles. The van der Waals surface area contributed by atoms with Crippen molar-refractivity contribution < 1.29 is 21.8 Å². The summed E-state index contributed by atoms with van der Waals surface area (Å²) in [5.74, 6) is 0. The van der Waals surface area contributed by atoms with Crippen molar-refractivity contribution in [2.75, 3.05) is 0 Å². The topological polar surface area (TPSA) is 0 Å². The number of hydrogen-bond acceptors (Lipinski definition) is 0. The van der Waals surface area contributed by atoms with E-state index in [-0.39, 0.29) is 0 Å². The predicted molar refractivity (Wildman–Crippen MR) is 135 cm³/mol. The molecule has 0 heterocycles. The van der Waals surface area contributed by atoms with E-state index in [4.69, 9.17) is 0 Å². The van der Waals surface area contributed by atoms with E-state index in [0.29, 0.717) is 3.63 Å². The van der Waals surface area contributed by atoms with Gasteiger partial charge in [-0.15, -0.1) is 0 Å². The molecule has 2 aliphatic rings. The van der Waals surface area contributed by atoms with Crippen molar-refractivity contribution in [3.63, 3.8) is 0 Å². The molecule has 0 radical (unpaired) electrons. The fourth-order valence-corrected chi connectivity index (χ4v) is 15.5. The molecule has 2 aromatic rings. The molecule has 0 N–H and O–H groups in total. The van der Waals surface area contributed by atoms with E-state index < -0.39 is 21.8 Å². The average Bonchev–Trinajstić information content (AvgIpc) is 3.36. The normalized spacial score (nSPS) is 16.2. The van der Waals surface area contributed by atoms with Gasteiger partial charge >= 0.3 is 204 Å². The van der Waals surface area contributed by atoms with Crippen LogP contribution >= 0.6 is 0 Å². The summed E-state index contributed by atoms with van der Waals surface area (Å²) in [5, 5.41) is 0. The van der Waals surface area contributed by atoms with Crippen LogP contribution < -0.4 is 0 Å². The quantitative estimate of drug-likeness (QED) is 0.322. The Bertz CT molecular complexity index is 965. The van der Waals surface area contributed by atoms with Gasteiger partial charge in [0, 0.05) is 0 Å². The zero-order chi connectivity index (χ0) is 22.5. The second kappa shape index (κ2) is 10.9. The zero-order valence-electron chi connectivity index (χ0n) is 20.2. The second-order valence-corrected chi connectivity index (χ2v) is 15.7. The van der Waals surface area contributed by atoms with Gasteiger partial charge in [-0.1, -0.05) is 0 Å². The molecule has 0 unspecified atom stereocenters. The van der Waals surface area contributed by atoms with E-state index in [1.165, 1.54) is 49.7 Å².